The number of alkyl carbamates (subject to hydrolysis) is 1. The quantitative estimate of drug-likeness (QED) is 0.605. The van der Waals surface area contributed by atoms with Gasteiger partial charge in [0.15, 0.2) is 0 Å². The van der Waals surface area contributed by atoms with Gasteiger partial charge >= 0.3 is 12.1 Å². The van der Waals surface area contributed by atoms with Crippen LogP contribution in [0.25, 0.3) is 11.1 Å². The molecule has 2 aliphatic carbocycles. The summed E-state index contributed by atoms with van der Waals surface area (Å²) in [5, 5.41) is 22.1. The number of aliphatic hydroxyl groups excluding tert-OH is 1. The number of fused-ring (bicyclic) bond motifs is 3. The Kier molecular flexibility index (Phi) is 5.77. The Morgan fingerprint density at radius 1 is 1.03 bits per heavy atom. The molecule has 0 unspecified atom stereocenters. The van der Waals surface area contributed by atoms with Gasteiger partial charge in [0.1, 0.15) is 12.6 Å². The number of hydrogen-bond donors (Lipinski definition) is 3. The Labute approximate surface area is 197 Å². The molecule has 178 valence electrons. The number of carbonyl (C=O) groups is 3. The second-order valence-electron chi connectivity index (χ2n) is 9.55. The molecular formula is C26H28N2O6. The van der Waals surface area contributed by atoms with Gasteiger partial charge in [0.05, 0.1) is 18.1 Å². The van der Waals surface area contributed by atoms with Crippen molar-refractivity contribution in [1.29, 1.82) is 0 Å². The zero-order valence-corrected chi connectivity index (χ0v) is 18.8. The first-order valence-electron chi connectivity index (χ1n) is 11.7. The van der Waals surface area contributed by atoms with Crippen LogP contribution in [0.3, 0.4) is 0 Å². The predicted octanol–water partition coefficient (Wildman–Crippen LogP) is 2.88. The number of aliphatic carboxylic acids is 1. The van der Waals surface area contributed by atoms with Crippen LogP contribution >= 0.6 is 0 Å². The largest absolute Gasteiger partial charge is 0.480 e. The Hall–Kier alpha value is -3.39. The number of amides is 2. The van der Waals surface area contributed by atoms with Crippen molar-refractivity contribution in [3.8, 4) is 11.1 Å². The zero-order chi connectivity index (χ0) is 23.9. The highest BCUT2D eigenvalue weighted by molar-refractivity contribution is 5.86. The average Bonchev–Trinajstić information content (AvgIpc) is 3.35. The van der Waals surface area contributed by atoms with Crippen LogP contribution in [-0.4, -0.2) is 63.9 Å². The van der Waals surface area contributed by atoms with Gasteiger partial charge in [-0.05, 0) is 41.5 Å². The molecule has 1 heterocycles. The molecule has 8 heteroatoms. The van der Waals surface area contributed by atoms with Crippen LogP contribution < -0.4 is 5.32 Å². The molecule has 0 radical (unpaired) electrons. The van der Waals surface area contributed by atoms with Gasteiger partial charge < -0.3 is 25.2 Å². The van der Waals surface area contributed by atoms with Crippen LogP contribution in [0.4, 0.5) is 4.79 Å². The van der Waals surface area contributed by atoms with E-state index in [0.717, 1.165) is 28.7 Å². The molecule has 8 nitrogen and oxygen atoms in total. The summed E-state index contributed by atoms with van der Waals surface area (Å²) in [6.07, 6.45) is 0.695. The summed E-state index contributed by atoms with van der Waals surface area (Å²) in [6, 6.07) is 15.2. The monoisotopic (exact) mass is 464 g/mol. The summed E-state index contributed by atoms with van der Waals surface area (Å²) in [6.45, 7) is 0.181. The molecule has 2 atom stereocenters. The van der Waals surface area contributed by atoms with Crippen molar-refractivity contribution in [1.82, 2.24) is 10.2 Å². The number of rotatable bonds is 6. The fourth-order valence-corrected chi connectivity index (χ4v) is 5.52. The summed E-state index contributed by atoms with van der Waals surface area (Å²) >= 11 is 0. The van der Waals surface area contributed by atoms with Crippen LogP contribution in [0, 0.1) is 0 Å². The lowest BCUT2D eigenvalue weighted by Crippen LogP contribution is -2.57. The molecule has 0 spiro atoms. The highest BCUT2D eigenvalue weighted by Crippen LogP contribution is 2.44. The maximum Gasteiger partial charge on any atom is 0.407 e. The van der Waals surface area contributed by atoms with E-state index in [0.29, 0.717) is 12.8 Å². The number of carboxylic acid groups (broad SMARTS) is 1. The second-order valence-corrected chi connectivity index (χ2v) is 9.55. The maximum absolute atomic E-state index is 12.9. The average molecular weight is 465 g/mol. The van der Waals surface area contributed by atoms with E-state index in [2.05, 4.69) is 29.6 Å². The maximum atomic E-state index is 12.9. The van der Waals surface area contributed by atoms with Crippen LogP contribution in [0.2, 0.25) is 0 Å². The molecule has 1 saturated carbocycles. The van der Waals surface area contributed by atoms with E-state index >= 15 is 0 Å². The number of nitrogens with zero attached hydrogens (tertiary/aromatic N) is 1. The minimum absolute atomic E-state index is 0.00315. The molecule has 34 heavy (non-hydrogen) atoms. The minimum Gasteiger partial charge on any atom is -0.480 e. The third-order valence-corrected chi connectivity index (χ3v) is 7.40. The molecular weight excluding hydrogens is 436 g/mol. The summed E-state index contributed by atoms with van der Waals surface area (Å²) in [7, 11) is 0. The Morgan fingerprint density at radius 3 is 2.21 bits per heavy atom. The number of benzene rings is 2. The molecule has 3 aliphatic rings. The lowest BCUT2D eigenvalue weighted by atomic mass is 9.74. The molecule has 2 aromatic rings. The summed E-state index contributed by atoms with van der Waals surface area (Å²) in [4.78, 5) is 38.4. The summed E-state index contributed by atoms with van der Waals surface area (Å²) in [5.41, 5.74) is 3.80. The third-order valence-electron chi connectivity index (χ3n) is 7.40. The van der Waals surface area contributed by atoms with Gasteiger partial charge in [-0.3, -0.25) is 4.79 Å². The highest BCUT2D eigenvalue weighted by Gasteiger charge is 2.45. The smallest absolute Gasteiger partial charge is 0.407 e. The van der Waals surface area contributed by atoms with E-state index in [1.54, 1.807) is 0 Å². The molecule has 2 fully saturated rings. The van der Waals surface area contributed by atoms with Crippen molar-refractivity contribution in [2.75, 3.05) is 13.2 Å². The summed E-state index contributed by atoms with van der Waals surface area (Å²) in [5.74, 6) is -1.56. The van der Waals surface area contributed by atoms with Crippen LogP contribution in [0.1, 0.15) is 49.1 Å². The minimum atomic E-state index is -1.13. The molecule has 2 amide bonds. The number of aliphatic hydroxyl groups is 1. The number of likely N-dealkylation sites (tertiary alicyclic amines) is 1. The van der Waals surface area contributed by atoms with E-state index in [1.165, 1.54) is 4.90 Å². The number of carboxylic acids is 1. The van der Waals surface area contributed by atoms with Crippen molar-refractivity contribution in [3.05, 3.63) is 59.7 Å². The van der Waals surface area contributed by atoms with E-state index in [9.17, 15) is 24.6 Å². The molecule has 1 saturated heterocycles. The Morgan fingerprint density at radius 2 is 1.65 bits per heavy atom. The summed E-state index contributed by atoms with van der Waals surface area (Å²) < 4.78 is 5.65. The topological polar surface area (TPSA) is 116 Å². The van der Waals surface area contributed by atoms with Crippen LogP contribution in [0.15, 0.2) is 48.5 Å². The Bertz CT molecular complexity index is 1080. The van der Waals surface area contributed by atoms with Gasteiger partial charge in [0.2, 0.25) is 5.91 Å². The second kappa shape index (κ2) is 8.76. The lowest BCUT2D eigenvalue weighted by molar-refractivity contribution is -0.149. The van der Waals surface area contributed by atoms with Gasteiger partial charge in [0, 0.05) is 18.9 Å². The SMILES string of the molecule is O=C(NC1(CC(=O)N2C[C@H](O)C[C@H]2C(=O)O)CCC1)OCC1c2ccccc2-c2ccccc21. The number of hydrogen-bond acceptors (Lipinski definition) is 5. The van der Waals surface area contributed by atoms with Crippen LogP contribution in [-0.2, 0) is 14.3 Å². The number of ether oxygens (including phenoxy) is 1. The van der Waals surface area contributed by atoms with Crippen molar-refractivity contribution >= 4 is 18.0 Å². The van der Waals surface area contributed by atoms with Crippen molar-refractivity contribution < 1.29 is 29.3 Å². The standard InChI is InChI=1S/C26H28N2O6/c29-16-12-22(24(31)32)28(14-16)23(30)13-26(10-5-11-26)27-25(33)34-15-21-19-8-3-1-6-17(19)18-7-2-4-9-20(18)21/h1-4,6-9,16,21-22,29H,5,10-15H2,(H,27,33)(H,31,32)/t16-,22+/m1/s1. The van der Waals surface area contributed by atoms with E-state index < -0.39 is 29.7 Å². The predicted molar refractivity (Wildman–Crippen MR) is 123 cm³/mol. The lowest BCUT2D eigenvalue weighted by Gasteiger charge is -2.42. The molecule has 2 aromatic carbocycles. The van der Waals surface area contributed by atoms with Crippen LogP contribution in [0.5, 0.6) is 0 Å². The number of β-amino-alcohol motifs (C(OH)–C–C–N with tert-alkyl or cyclic N) is 1. The van der Waals surface area contributed by atoms with Crippen molar-refractivity contribution in [2.24, 2.45) is 0 Å². The van der Waals surface area contributed by atoms with Crippen molar-refractivity contribution in [3.63, 3.8) is 0 Å². The number of carbonyl (C=O) groups excluding carboxylic acids is 2. The normalized spacial score (nSPS) is 22.4. The van der Waals surface area contributed by atoms with E-state index in [4.69, 9.17) is 4.74 Å². The van der Waals surface area contributed by atoms with Gasteiger partial charge in [0.25, 0.3) is 0 Å². The highest BCUT2D eigenvalue weighted by atomic mass is 16.5. The third kappa shape index (κ3) is 4.03. The number of nitrogens with one attached hydrogen (secondary N) is 1. The molecule has 1 aliphatic heterocycles. The fraction of sp³-hybridized carbons (Fsp3) is 0.423. The first-order valence-corrected chi connectivity index (χ1v) is 11.7. The first kappa shape index (κ1) is 22.4. The Balaban J connectivity index is 1.23. The van der Waals surface area contributed by atoms with Gasteiger partial charge in [-0.25, -0.2) is 9.59 Å². The van der Waals surface area contributed by atoms with Gasteiger partial charge in [-0.1, -0.05) is 48.5 Å². The zero-order valence-electron chi connectivity index (χ0n) is 18.8. The van der Waals surface area contributed by atoms with E-state index in [1.807, 2.05) is 24.3 Å². The molecule has 3 N–H and O–H groups in total. The molecule has 0 bridgehead atoms. The van der Waals surface area contributed by atoms with Gasteiger partial charge in [-0.15, -0.1) is 0 Å². The van der Waals surface area contributed by atoms with E-state index in [-0.39, 0.29) is 37.8 Å². The fourth-order valence-electron chi connectivity index (χ4n) is 5.52. The molecule has 5 rings (SSSR count). The first-order chi connectivity index (χ1) is 16.4. The molecule has 0 aromatic heterocycles. The van der Waals surface area contributed by atoms with Crippen molar-refractivity contribution in [2.45, 2.75) is 55.7 Å². The van der Waals surface area contributed by atoms with Gasteiger partial charge in [-0.2, -0.15) is 0 Å².